The predicted molar refractivity (Wildman–Crippen MR) is 125 cm³/mol. The second kappa shape index (κ2) is 11.0. The average molecular weight is 559 g/mol. The van der Waals surface area contributed by atoms with Crippen molar-refractivity contribution in [2.24, 2.45) is 0 Å². The van der Waals surface area contributed by atoms with Gasteiger partial charge in [-0.25, -0.2) is 4.79 Å². The highest BCUT2D eigenvalue weighted by atomic mass is 19.4. The largest absolute Gasteiger partial charge is 0.497 e. The number of urea groups is 1. The molecule has 2 aromatic carbocycles. The van der Waals surface area contributed by atoms with E-state index in [4.69, 9.17) is 14.0 Å². The number of piperazine rings is 1. The van der Waals surface area contributed by atoms with Crippen LogP contribution >= 0.6 is 0 Å². The van der Waals surface area contributed by atoms with Crippen LogP contribution in [-0.4, -0.2) is 66.4 Å². The van der Waals surface area contributed by atoms with Crippen LogP contribution in [0, 0.1) is 0 Å². The first-order chi connectivity index (χ1) is 18.4. The van der Waals surface area contributed by atoms with Crippen LogP contribution in [0.1, 0.15) is 17.0 Å². The number of ether oxygens (including phenoxy) is 2. The number of carbonyl (C=O) groups is 1. The molecule has 0 atom stereocenters. The number of hydrogen-bond acceptors (Lipinski definition) is 7. The summed E-state index contributed by atoms with van der Waals surface area (Å²) >= 11 is 0. The maximum absolute atomic E-state index is 13.1. The Balaban J connectivity index is 1.36. The first-order valence-electron chi connectivity index (χ1n) is 11.5. The normalized spacial score (nSPS) is 14.8. The molecule has 0 spiro atoms. The molecule has 1 saturated heterocycles. The predicted octanol–water partition coefficient (Wildman–Crippen LogP) is 5.14. The Morgan fingerprint density at radius 1 is 0.897 bits per heavy atom. The lowest BCUT2D eigenvalue weighted by atomic mass is 10.1. The standard InChI is InChI=1S/C24H23F6N5O4/c1-37-18-7-14(8-19(12-18)38-2)21-32-20(33-39-21)13-34-3-5-35(6-4-34)22(36)31-17-10-15(23(25,26)27)9-16(11-17)24(28,29)30/h7-12H,3-6,13H2,1-2H3,(H,31,36). The minimum Gasteiger partial charge on any atom is -0.497 e. The molecule has 1 aliphatic rings. The van der Waals surface area contributed by atoms with Crippen molar-refractivity contribution in [3.8, 4) is 23.0 Å². The minimum absolute atomic E-state index is 0.00255. The molecule has 1 fully saturated rings. The maximum Gasteiger partial charge on any atom is 0.416 e. The number of nitrogens with zero attached hydrogens (tertiary/aromatic N) is 4. The molecule has 9 nitrogen and oxygen atoms in total. The summed E-state index contributed by atoms with van der Waals surface area (Å²) in [6.45, 7) is 1.37. The third kappa shape index (κ3) is 6.90. The van der Waals surface area contributed by atoms with Gasteiger partial charge in [0.25, 0.3) is 5.89 Å². The third-order valence-corrected chi connectivity index (χ3v) is 5.93. The van der Waals surface area contributed by atoms with Crippen LogP contribution < -0.4 is 14.8 Å². The summed E-state index contributed by atoms with van der Waals surface area (Å²) in [4.78, 5) is 20.2. The summed E-state index contributed by atoms with van der Waals surface area (Å²) in [5, 5.41) is 6.13. The van der Waals surface area contributed by atoms with Crippen molar-refractivity contribution >= 4 is 11.7 Å². The van der Waals surface area contributed by atoms with Gasteiger partial charge in [-0.2, -0.15) is 31.3 Å². The van der Waals surface area contributed by atoms with Gasteiger partial charge in [-0.05, 0) is 30.3 Å². The smallest absolute Gasteiger partial charge is 0.416 e. The van der Waals surface area contributed by atoms with E-state index in [-0.39, 0.29) is 25.0 Å². The van der Waals surface area contributed by atoms with E-state index in [1.807, 2.05) is 4.90 Å². The lowest BCUT2D eigenvalue weighted by Gasteiger charge is -2.34. The van der Waals surface area contributed by atoms with Gasteiger partial charge >= 0.3 is 18.4 Å². The topological polar surface area (TPSA) is 93.0 Å². The number of alkyl halides is 6. The van der Waals surface area contributed by atoms with E-state index in [1.54, 1.807) is 18.2 Å². The molecule has 39 heavy (non-hydrogen) atoms. The number of anilines is 1. The summed E-state index contributed by atoms with van der Waals surface area (Å²) in [6.07, 6.45) is -10.0. The van der Waals surface area contributed by atoms with Crippen molar-refractivity contribution in [1.82, 2.24) is 19.9 Å². The Morgan fingerprint density at radius 3 is 1.97 bits per heavy atom. The van der Waals surface area contributed by atoms with Crippen LogP contribution in [0.25, 0.3) is 11.5 Å². The molecule has 4 rings (SSSR count). The Morgan fingerprint density at radius 2 is 1.46 bits per heavy atom. The average Bonchev–Trinajstić information content (AvgIpc) is 3.36. The van der Waals surface area contributed by atoms with Crippen molar-refractivity contribution in [2.45, 2.75) is 18.9 Å². The molecule has 0 unspecified atom stereocenters. The van der Waals surface area contributed by atoms with E-state index >= 15 is 0 Å². The van der Waals surface area contributed by atoms with Gasteiger partial charge in [-0.1, -0.05) is 5.16 Å². The third-order valence-electron chi connectivity index (χ3n) is 5.93. The maximum atomic E-state index is 13.1. The Labute approximate surface area is 218 Å². The molecule has 1 aromatic heterocycles. The number of rotatable bonds is 6. The molecule has 15 heteroatoms. The molecule has 0 radical (unpaired) electrons. The van der Waals surface area contributed by atoms with Crippen LogP contribution in [0.3, 0.4) is 0 Å². The fraction of sp³-hybridized carbons (Fsp3) is 0.375. The lowest BCUT2D eigenvalue weighted by Crippen LogP contribution is -2.49. The zero-order valence-corrected chi connectivity index (χ0v) is 20.7. The Hall–Kier alpha value is -4.01. The van der Waals surface area contributed by atoms with Crippen LogP contribution in [0.5, 0.6) is 11.5 Å². The molecule has 3 aromatic rings. The molecular formula is C24H23F6N5O4. The molecule has 0 aliphatic carbocycles. The molecule has 2 heterocycles. The highest BCUT2D eigenvalue weighted by molar-refractivity contribution is 5.89. The highest BCUT2D eigenvalue weighted by Crippen LogP contribution is 2.37. The van der Waals surface area contributed by atoms with Gasteiger partial charge in [-0.15, -0.1) is 0 Å². The number of nitrogens with one attached hydrogen (secondary N) is 1. The molecule has 2 amide bonds. The summed E-state index contributed by atoms with van der Waals surface area (Å²) in [5.41, 5.74) is -3.03. The van der Waals surface area contributed by atoms with Crippen LogP contribution in [0.4, 0.5) is 36.8 Å². The minimum atomic E-state index is -5.01. The van der Waals surface area contributed by atoms with Gasteiger partial charge < -0.3 is 24.2 Å². The van der Waals surface area contributed by atoms with Crippen LogP contribution in [0.15, 0.2) is 40.9 Å². The number of carbonyl (C=O) groups excluding carboxylic acids is 1. The van der Waals surface area contributed by atoms with Gasteiger partial charge in [0.05, 0.1) is 31.9 Å². The zero-order valence-electron chi connectivity index (χ0n) is 20.7. The number of methoxy groups -OCH3 is 2. The SMILES string of the molecule is COc1cc(OC)cc(-c2nc(CN3CCN(C(=O)Nc4cc(C(F)(F)F)cc(C(F)(F)F)c4)CC3)no2)c1. The molecular weight excluding hydrogens is 536 g/mol. The van der Waals surface area contributed by atoms with Crippen molar-refractivity contribution in [3.63, 3.8) is 0 Å². The molecule has 1 N–H and O–H groups in total. The number of aromatic nitrogens is 2. The molecule has 1 aliphatic heterocycles. The monoisotopic (exact) mass is 559 g/mol. The van der Waals surface area contributed by atoms with Crippen molar-refractivity contribution in [2.75, 3.05) is 45.7 Å². The van der Waals surface area contributed by atoms with Crippen molar-refractivity contribution in [1.29, 1.82) is 0 Å². The van der Waals surface area contributed by atoms with Gasteiger partial charge in [0.1, 0.15) is 11.5 Å². The summed E-state index contributed by atoms with van der Waals surface area (Å²) < 4.78 is 94.4. The van der Waals surface area contributed by atoms with E-state index in [0.29, 0.717) is 54.7 Å². The second-order valence-electron chi connectivity index (χ2n) is 8.61. The number of amides is 2. The number of hydrogen-bond donors (Lipinski definition) is 1. The van der Waals surface area contributed by atoms with E-state index in [2.05, 4.69) is 15.5 Å². The lowest BCUT2D eigenvalue weighted by molar-refractivity contribution is -0.143. The highest BCUT2D eigenvalue weighted by Gasteiger charge is 2.37. The van der Waals surface area contributed by atoms with E-state index in [1.165, 1.54) is 19.1 Å². The van der Waals surface area contributed by atoms with Gasteiger partial charge in [-0.3, -0.25) is 4.90 Å². The number of benzene rings is 2. The van der Waals surface area contributed by atoms with Crippen LogP contribution in [-0.2, 0) is 18.9 Å². The van der Waals surface area contributed by atoms with Gasteiger partial charge in [0.2, 0.25) is 0 Å². The Kier molecular flexibility index (Phi) is 7.90. The fourth-order valence-corrected chi connectivity index (χ4v) is 3.91. The second-order valence-corrected chi connectivity index (χ2v) is 8.61. The summed E-state index contributed by atoms with van der Waals surface area (Å²) in [5.74, 6) is 1.71. The fourth-order valence-electron chi connectivity index (χ4n) is 3.91. The summed E-state index contributed by atoms with van der Waals surface area (Å²) in [6, 6.07) is 5.24. The van der Waals surface area contributed by atoms with E-state index < -0.39 is 35.2 Å². The van der Waals surface area contributed by atoms with Gasteiger partial charge in [0, 0.05) is 43.5 Å². The molecule has 0 bridgehead atoms. The van der Waals surface area contributed by atoms with E-state index in [0.717, 1.165) is 0 Å². The van der Waals surface area contributed by atoms with Crippen LogP contribution in [0.2, 0.25) is 0 Å². The van der Waals surface area contributed by atoms with Crippen molar-refractivity contribution < 1.29 is 45.1 Å². The molecule has 210 valence electrons. The summed E-state index contributed by atoms with van der Waals surface area (Å²) in [7, 11) is 3.02. The quantitative estimate of drug-likeness (QED) is 0.418. The first kappa shape index (κ1) is 28.0. The van der Waals surface area contributed by atoms with Crippen molar-refractivity contribution in [3.05, 3.63) is 53.3 Å². The Bertz CT molecular complexity index is 1260. The number of halogens is 6. The first-order valence-corrected chi connectivity index (χ1v) is 11.5. The van der Waals surface area contributed by atoms with Gasteiger partial charge in [0.15, 0.2) is 5.82 Å². The zero-order chi connectivity index (χ0) is 28.4. The van der Waals surface area contributed by atoms with E-state index in [9.17, 15) is 31.1 Å². The molecule has 0 saturated carbocycles.